The summed E-state index contributed by atoms with van der Waals surface area (Å²) in [6, 6.07) is 11.5. The fraction of sp³-hybridized carbons (Fsp3) is 0.400. The normalized spacial score (nSPS) is 15.5. The van der Waals surface area contributed by atoms with Gasteiger partial charge >= 0.3 is 5.97 Å². The number of rotatable bonds is 9. The summed E-state index contributed by atoms with van der Waals surface area (Å²) in [7, 11) is 6.34. The number of esters is 1. The van der Waals surface area contributed by atoms with E-state index in [4.69, 9.17) is 28.9 Å². The van der Waals surface area contributed by atoms with E-state index >= 15 is 0 Å². The van der Waals surface area contributed by atoms with E-state index in [2.05, 4.69) is 4.90 Å². The zero-order chi connectivity index (χ0) is 24.1. The molecular formula is C25H29N3O5S. The molecule has 4 rings (SSSR count). The number of ether oxygens (including phenoxy) is 4. The number of carbonyl (C=O) groups is 1. The van der Waals surface area contributed by atoms with Gasteiger partial charge < -0.3 is 23.8 Å². The summed E-state index contributed by atoms with van der Waals surface area (Å²) in [6.45, 7) is 1.54. The topological polar surface area (TPSA) is 83.0 Å². The second-order valence-corrected chi connectivity index (χ2v) is 8.94. The van der Waals surface area contributed by atoms with Crippen molar-refractivity contribution in [3.63, 3.8) is 0 Å². The average molecular weight is 484 g/mol. The summed E-state index contributed by atoms with van der Waals surface area (Å²) in [5.74, 6) is 2.30. The maximum Gasteiger partial charge on any atom is 0.337 e. The van der Waals surface area contributed by atoms with Crippen LogP contribution in [0.1, 0.15) is 28.8 Å². The van der Waals surface area contributed by atoms with E-state index in [9.17, 15) is 4.79 Å². The summed E-state index contributed by atoms with van der Waals surface area (Å²) >= 11 is 1.62. The van der Waals surface area contributed by atoms with Crippen LogP contribution in [-0.4, -0.2) is 63.6 Å². The summed E-state index contributed by atoms with van der Waals surface area (Å²) in [6.07, 6.45) is 2.13. The minimum absolute atomic E-state index is 0.256. The molecule has 0 saturated carbocycles. The van der Waals surface area contributed by atoms with Crippen LogP contribution >= 0.6 is 11.8 Å². The number of aromatic nitrogens is 2. The number of hydrogen-bond acceptors (Lipinski definition) is 9. The number of fused-ring (bicyclic) bond motifs is 1. The third-order valence-corrected chi connectivity index (χ3v) is 6.96. The molecule has 1 saturated heterocycles. The lowest BCUT2D eigenvalue weighted by atomic mass is 10.1. The largest absolute Gasteiger partial charge is 0.493 e. The number of nitrogens with zero attached hydrogens (tertiary/aromatic N) is 3. The first kappa shape index (κ1) is 24.1. The second-order valence-electron chi connectivity index (χ2n) is 7.98. The van der Waals surface area contributed by atoms with Crippen LogP contribution in [0.4, 0.5) is 5.95 Å². The van der Waals surface area contributed by atoms with Crippen LogP contribution in [0, 0.1) is 0 Å². The van der Waals surface area contributed by atoms with Crippen molar-refractivity contribution in [1.82, 2.24) is 9.97 Å². The van der Waals surface area contributed by atoms with Crippen LogP contribution in [0.2, 0.25) is 0 Å². The number of methoxy groups -OCH3 is 4. The molecule has 34 heavy (non-hydrogen) atoms. The highest BCUT2D eigenvalue weighted by molar-refractivity contribution is 7.98. The Balaban J connectivity index is 1.70. The molecule has 1 aromatic heterocycles. The minimum Gasteiger partial charge on any atom is -0.493 e. The van der Waals surface area contributed by atoms with Gasteiger partial charge in [-0.15, -0.1) is 11.8 Å². The van der Waals surface area contributed by atoms with E-state index in [1.54, 1.807) is 45.2 Å². The van der Waals surface area contributed by atoms with E-state index in [1.165, 1.54) is 7.11 Å². The SMILES string of the molecule is COC[C@@H]1CCCN1c1nc(SCc2ccc(C(=O)OC)cc2)c2cc(OC)c(OC)cc2n1. The quantitative estimate of drug-likeness (QED) is 0.251. The molecule has 8 nitrogen and oxygen atoms in total. The lowest BCUT2D eigenvalue weighted by Gasteiger charge is -2.25. The Hall–Kier alpha value is -3.04. The first-order chi connectivity index (χ1) is 16.6. The zero-order valence-corrected chi connectivity index (χ0v) is 20.7. The molecular weight excluding hydrogens is 454 g/mol. The standard InChI is InChI=1S/C25H29N3O5S/c1-30-14-18-6-5-11-28(18)25-26-20-13-22(32-3)21(31-2)12-19(20)23(27-25)34-15-16-7-9-17(10-8-16)24(29)33-4/h7-10,12-13,18H,5-6,11,14-15H2,1-4H3/t18-/m0/s1. The van der Waals surface area contributed by atoms with Crippen LogP contribution in [-0.2, 0) is 15.2 Å². The summed E-state index contributed by atoms with van der Waals surface area (Å²) in [5, 5.41) is 1.76. The monoisotopic (exact) mass is 483 g/mol. The lowest BCUT2D eigenvalue weighted by Crippen LogP contribution is -2.34. The van der Waals surface area contributed by atoms with Crippen molar-refractivity contribution >= 4 is 34.6 Å². The smallest absolute Gasteiger partial charge is 0.337 e. The van der Waals surface area contributed by atoms with Crippen molar-refractivity contribution in [3.05, 3.63) is 47.5 Å². The fourth-order valence-electron chi connectivity index (χ4n) is 4.13. The molecule has 0 unspecified atom stereocenters. The fourth-order valence-corrected chi connectivity index (χ4v) is 5.09. The van der Waals surface area contributed by atoms with Gasteiger partial charge in [-0.3, -0.25) is 0 Å². The van der Waals surface area contributed by atoms with E-state index in [0.29, 0.717) is 35.4 Å². The highest BCUT2D eigenvalue weighted by Crippen LogP contribution is 2.38. The number of hydrogen-bond donors (Lipinski definition) is 0. The van der Waals surface area contributed by atoms with E-state index in [-0.39, 0.29) is 12.0 Å². The first-order valence-electron chi connectivity index (χ1n) is 11.1. The van der Waals surface area contributed by atoms with Gasteiger partial charge in [-0.2, -0.15) is 0 Å². The molecule has 0 N–H and O–H groups in total. The average Bonchev–Trinajstić information content (AvgIpc) is 3.34. The number of carbonyl (C=O) groups excluding carboxylic acids is 1. The number of anilines is 1. The van der Waals surface area contributed by atoms with Gasteiger partial charge in [-0.05, 0) is 36.6 Å². The van der Waals surface area contributed by atoms with Crippen molar-refractivity contribution in [2.24, 2.45) is 0 Å². The molecule has 1 aliphatic rings. The summed E-state index contributed by atoms with van der Waals surface area (Å²) < 4.78 is 21.3. The molecule has 0 amide bonds. The first-order valence-corrected chi connectivity index (χ1v) is 12.1. The third-order valence-electron chi connectivity index (χ3n) is 5.90. The van der Waals surface area contributed by atoms with Crippen molar-refractivity contribution in [3.8, 4) is 11.5 Å². The molecule has 0 aliphatic carbocycles. The number of thioether (sulfide) groups is 1. The summed E-state index contributed by atoms with van der Waals surface area (Å²) in [5.41, 5.74) is 2.40. The van der Waals surface area contributed by atoms with Crippen LogP contribution in [0.5, 0.6) is 11.5 Å². The molecule has 2 aromatic carbocycles. The highest BCUT2D eigenvalue weighted by Gasteiger charge is 2.28. The van der Waals surface area contributed by atoms with Gasteiger partial charge in [-0.25, -0.2) is 14.8 Å². The Bertz CT molecular complexity index is 1160. The Morgan fingerprint density at radius 2 is 1.79 bits per heavy atom. The second kappa shape index (κ2) is 10.9. The Kier molecular flexibility index (Phi) is 7.74. The van der Waals surface area contributed by atoms with Crippen LogP contribution in [0.25, 0.3) is 10.9 Å². The van der Waals surface area contributed by atoms with E-state index in [1.807, 2.05) is 24.3 Å². The van der Waals surface area contributed by atoms with Crippen molar-refractivity contribution in [1.29, 1.82) is 0 Å². The molecule has 2 heterocycles. The molecule has 1 atom stereocenters. The highest BCUT2D eigenvalue weighted by atomic mass is 32.2. The molecule has 1 aliphatic heterocycles. The van der Waals surface area contributed by atoms with Crippen molar-refractivity contribution in [2.75, 3.05) is 46.5 Å². The van der Waals surface area contributed by atoms with Gasteiger partial charge in [-0.1, -0.05) is 12.1 Å². The van der Waals surface area contributed by atoms with Gasteiger partial charge in [0.1, 0.15) is 5.03 Å². The minimum atomic E-state index is -0.345. The summed E-state index contributed by atoms with van der Waals surface area (Å²) in [4.78, 5) is 23.8. The lowest BCUT2D eigenvalue weighted by molar-refractivity contribution is 0.0600. The molecule has 0 spiro atoms. The van der Waals surface area contributed by atoms with E-state index in [0.717, 1.165) is 40.9 Å². The van der Waals surface area contributed by atoms with Gasteiger partial charge in [0.05, 0.1) is 45.1 Å². The molecule has 3 aromatic rings. The van der Waals surface area contributed by atoms with Gasteiger partial charge in [0.15, 0.2) is 11.5 Å². The van der Waals surface area contributed by atoms with Gasteiger partial charge in [0, 0.05) is 30.9 Å². The predicted octanol–water partition coefficient (Wildman–Crippen LogP) is 4.34. The van der Waals surface area contributed by atoms with Crippen LogP contribution < -0.4 is 14.4 Å². The molecule has 180 valence electrons. The van der Waals surface area contributed by atoms with Gasteiger partial charge in [0.2, 0.25) is 5.95 Å². The van der Waals surface area contributed by atoms with Crippen LogP contribution in [0.15, 0.2) is 41.4 Å². The van der Waals surface area contributed by atoms with Crippen molar-refractivity contribution < 1.29 is 23.7 Å². The van der Waals surface area contributed by atoms with E-state index < -0.39 is 0 Å². The molecule has 0 radical (unpaired) electrons. The van der Waals surface area contributed by atoms with Gasteiger partial charge in [0.25, 0.3) is 0 Å². The molecule has 0 bridgehead atoms. The molecule has 1 fully saturated rings. The third kappa shape index (κ3) is 5.05. The Morgan fingerprint density at radius 1 is 1.06 bits per heavy atom. The van der Waals surface area contributed by atoms with Crippen molar-refractivity contribution in [2.45, 2.75) is 29.7 Å². The molecule has 9 heteroatoms. The van der Waals surface area contributed by atoms with Crippen LogP contribution in [0.3, 0.4) is 0 Å². The zero-order valence-electron chi connectivity index (χ0n) is 19.9. The Morgan fingerprint density at radius 3 is 2.47 bits per heavy atom. The Labute approximate surface area is 203 Å². The maximum atomic E-state index is 11.7. The maximum absolute atomic E-state index is 11.7. The predicted molar refractivity (Wildman–Crippen MR) is 132 cm³/mol. The number of benzene rings is 2.